The van der Waals surface area contributed by atoms with E-state index in [2.05, 4.69) is 22.3 Å². The molecule has 6 nitrogen and oxygen atoms in total. The molecule has 0 saturated heterocycles. The van der Waals surface area contributed by atoms with Crippen LogP contribution >= 0.6 is 0 Å². The third-order valence-corrected chi connectivity index (χ3v) is 4.60. The molecule has 4 rings (SSSR count). The first-order valence-corrected chi connectivity index (χ1v) is 9.61. The topological polar surface area (TPSA) is 68.3 Å². The van der Waals surface area contributed by atoms with Gasteiger partial charge in [-0.3, -0.25) is 4.79 Å². The standard InChI is InChI=1S/C22H17F4N4O2.Y/c1-2-14(22(24,25)26)9-15-12-30(15)29-19-6-5-16(10-18(19)23)32-17-7-8-27-20(11-17)28-21(31)13-3-4-13;/h2,5-13H,1,3-4H2,(H,27,28,31);/q-1;/b14-9+;. The predicted molar refractivity (Wildman–Crippen MR) is 109 cm³/mol. The summed E-state index contributed by atoms with van der Waals surface area (Å²) in [6, 6.07) is 6.99. The Labute approximate surface area is 212 Å². The molecule has 33 heavy (non-hydrogen) atoms. The van der Waals surface area contributed by atoms with E-state index < -0.39 is 17.6 Å². The minimum Gasteiger partial charge on any atom is -0.588 e. The zero-order valence-electron chi connectivity index (χ0n) is 17.1. The summed E-state index contributed by atoms with van der Waals surface area (Å²) in [7, 11) is 0. The molecule has 0 unspecified atom stereocenters. The van der Waals surface area contributed by atoms with Gasteiger partial charge in [-0.1, -0.05) is 24.4 Å². The average Bonchev–Trinajstić information content (AvgIpc) is 3.64. The van der Waals surface area contributed by atoms with Crippen LogP contribution in [0.3, 0.4) is 0 Å². The summed E-state index contributed by atoms with van der Waals surface area (Å²) in [6.07, 6.45) is 1.54. The van der Waals surface area contributed by atoms with Crippen molar-refractivity contribution in [3.8, 4) is 11.5 Å². The second-order valence-corrected chi connectivity index (χ2v) is 7.16. The van der Waals surface area contributed by atoms with Crippen molar-refractivity contribution in [3.63, 3.8) is 0 Å². The molecule has 11 heteroatoms. The molecular formula is C22H17F4N4O2Y-. The molecule has 1 fully saturated rings. The van der Waals surface area contributed by atoms with Gasteiger partial charge in [-0.25, -0.2) is 9.37 Å². The molecule has 1 aliphatic carbocycles. The molecule has 169 valence electrons. The van der Waals surface area contributed by atoms with Crippen LogP contribution in [0.1, 0.15) is 12.8 Å². The molecule has 1 saturated carbocycles. The van der Waals surface area contributed by atoms with Crippen molar-refractivity contribution in [3.05, 3.63) is 84.0 Å². The molecule has 1 amide bonds. The third kappa shape index (κ3) is 6.64. The van der Waals surface area contributed by atoms with Gasteiger partial charge >= 0.3 is 6.18 Å². The maximum Gasteiger partial charge on any atom is 0.416 e. The van der Waals surface area contributed by atoms with Crippen LogP contribution in [-0.4, -0.2) is 22.1 Å². The van der Waals surface area contributed by atoms with Gasteiger partial charge in [-0.2, -0.15) is 13.2 Å². The Bertz CT molecular complexity index is 1130. The number of allylic oxidation sites excluding steroid dienone is 3. The number of alkyl halides is 3. The summed E-state index contributed by atoms with van der Waals surface area (Å²) in [5.41, 5.74) is 3.13. The normalized spacial score (nSPS) is 15.2. The summed E-state index contributed by atoms with van der Waals surface area (Å²) in [4.78, 5) is 15.9. The summed E-state index contributed by atoms with van der Waals surface area (Å²) in [6.45, 7) is 3.14. The smallest absolute Gasteiger partial charge is 0.416 e. The number of benzene rings is 1. The second-order valence-electron chi connectivity index (χ2n) is 7.16. The number of nitrogens with zero attached hydrogens (tertiary/aromatic N) is 3. The predicted octanol–water partition coefficient (Wildman–Crippen LogP) is 6.11. The number of amides is 1. The maximum absolute atomic E-state index is 14.4. The van der Waals surface area contributed by atoms with Crippen molar-refractivity contribution >= 4 is 17.4 Å². The third-order valence-electron chi connectivity index (χ3n) is 4.60. The van der Waals surface area contributed by atoms with E-state index in [0.29, 0.717) is 17.6 Å². The number of anilines is 1. The van der Waals surface area contributed by atoms with Gasteiger partial charge in [0, 0.05) is 68.9 Å². The van der Waals surface area contributed by atoms with E-state index in [1.807, 2.05) is 0 Å². The quantitative estimate of drug-likeness (QED) is 0.328. The fraction of sp³-hybridized carbons (Fsp3) is 0.182. The summed E-state index contributed by atoms with van der Waals surface area (Å²) >= 11 is 0. The van der Waals surface area contributed by atoms with Gasteiger partial charge in [0.05, 0.1) is 5.57 Å². The van der Waals surface area contributed by atoms with Crippen molar-refractivity contribution in [2.75, 3.05) is 5.32 Å². The van der Waals surface area contributed by atoms with E-state index >= 15 is 0 Å². The molecule has 0 bridgehead atoms. The zero-order valence-corrected chi connectivity index (χ0v) is 20.0. The number of rotatable bonds is 8. The number of pyridine rings is 1. The van der Waals surface area contributed by atoms with Crippen LogP contribution in [0, 0.1) is 11.7 Å². The van der Waals surface area contributed by atoms with Crippen LogP contribution in [0.4, 0.5) is 29.1 Å². The van der Waals surface area contributed by atoms with Gasteiger partial charge in [-0.05, 0) is 31.1 Å². The minimum atomic E-state index is -4.53. The number of hydrogen-bond acceptors (Lipinski definition) is 4. The Morgan fingerprint density at radius 2 is 1.97 bits per heavy atom. The Balaban J connectivity index is 0.00000306. The number of carbonyl (C=O) groups excluding carboxylic acids is 1. The first kappa shape index (κ1) is 24.9. The van der Waals surface area contributed by atoms with Gasteiger partial charge in [0.15, 0.2) is 0 Å². The van der Waals surface area contributed by atoms with Crippen LogP contribution in [0.5, 0.6) is 11.5 Å². The van der Waals surface area contributed by atoms with Gasteiger partial charge in [-0.15, -0.1) is 0 Å². The molecule has 1 aromatic carbocycles. The summed E-state index contributed by atoms with van der Waals surface area (Å²) in [5.74, 6) is 0.0623. The first-order chi connectivity index (χ1) is 15.2. The van der Waals surface area contributed by atoms with E-state index in [4.69, 9.17) is 4.74 Å². The van der Waals surface area contributed by atoms with Gasteiger partial charge in [0.1, 0.15) is 23.1 Å². The van der Waals surface area contributed by atoms with Gasteiger partial charge < -0.3 is 20.5 Å². The van der Waals surface area contributed by atoms with E-state index in [-0.39, 0.29) is 61.7 Å². The molecule has 0 spiro atoms. The van der Waals surface area contributed by atoms with Crippen molar-refractivity contribution in [1.82, 2.24) is 9.99 Å². The van der Waals surface area contributed by atoms with Crippen LogP contribution < -0.4 is 10.1 Å². The monoisotopic (exact) mass is 534 g/mol. The van der Waals surface area contributed by atoms with E-state index in [1.54, 1.807) is 6.07 Å². The minimum absolute atomic E-state index is 0. The van der Waals surface area contributed by atoms with Crippen LogP contribution in [0.2, 0.25) is 0 Å². The molecule has 2 aliphatic rings. The Hall–Kier alpha value is -2.72. The molecule has 2 heterocycles. The molecular weight excluding hydrogens is 517 g/mol. The zero-order chi connectivity index (χ0) is 22.9. The number of halogens is 4. The fourth-order valence-corrected chi connectivity index (χ4v) is 2.70. The van der Waals surface area contributed by atoms with Gasteiger partial charge in [0.2, 0.25) is 5.91 Å². The Morgan fingerprint density at radius 3 is 2.61 bits per heavy atom. The van der Waals surface area contributed by atoms with Crippen LogP contribution in [0.25, 0.3) is 5.43 Å². The van der Waals surface area contributed by atoms with E-state index in [9.17, 15) is 22.4 Å². The van der Waals surface area contributed by atoms with Crippen molar-refractivity contribution in [2.24, 2.45) is 5.92 Å². The molecule has 1 aromatic heterocycles. The fourth-order valence-electron chi connectivity index (χ4n) is 2.70. The van der Waals surface area contributed by atoms with Crippen molar-refractivity contribution in [2.45, 2.75) is 19.0 Å². The maximum atomic E-state index is 14.4. The van der Waals surface area contributed by atoms with Crippen molar-refractivity contribution in [1.29, 1.82) is 0 Å². The summed E-state index contributed by atoms with van der Waals surface area (Å²) < 4.78 is 58.3. The molecule has 1 aliphatic heterocycles. The van der Waals surface area contributed by atoms with E-state index in [1.165, 1.54) is 30.6 Å². The average molecular weight is 534 g/mol. The number of nitrogens with one attached hydrogen (secondary N) is 1. The van der Waals surface area contributed by atoms with Crippen LogP contribution in [0.15, 0.2) is 72.7 Å². The number of aromatic nitrogens is 1. The Kier molecular flexibility index (Phi) is 7.59. The van der Waals surface area contributed by atoms with Gasteiger partial charge in [0.25, 0.3) is 0 Å². The molecule has 0 atom stereocenters. The number of hydrogen-bond donors (Lipinski definition) is 1. The SMILES string of the molecule is C=C/C(=C\C1=CN1[N-]c1ccc(Oc2ccnc(NC(=O)C3CC3)c2)cc1F)C(F)(F)F.[Y]. The second kappa shape index (κ2) is 10.0. The number of carbonyl (C=O) groups is 1. The molecule has 1 radical (unpaired) electrons. The Morgan fingerprint density at radius 1 is 1.24 bits per heavy atom. The van der Waals surface area contributed by atoms with Crippen molar-refractivity contribution < 1.29 is 59.8 Å². The number of ether oxygens (including phenoxy) is 1. The van der Waals surface area contributed by atoms with Crippen LogP contribution in [-0.2, 0) is 37.5 Å². The van der Waals surface area contributed by atoms with E-state index in [0.717, 1.165) is 30.0 Å². The molecule has 2 aromatic rings. The summed E-state index contributed by atoms with van der Waals surface area (Å²) in [5, 5.41) is 3.83. The molecule has 1 N–H and O–H groups in total. The first-order valence-electron chi connectivity index (χ1n) is 9.61. The largest absolute Gasteiger partial charge is 0.588 e.